The molecule has 1 unspecified atom stereocenters. The fraction of sp³-hybridized carbons (Fsp3) is 0.571. The first-order valence-electron chi connectivity index (χ1n) is 9.91. The van der Waals surface area contributed by atoms with Gasteiger partial charge in [-0.2, -0.15) is 0 Å². The second-order valence-electron chi connectivity index (χ2n) is 7.42. The quantitative estimate of drug-likeness (QED) is 0.819. The van der Waals surface area contributed by atoms with Gasteiger partial charge in [-0.15, -0.1) is 0 Å². The number of hydrogen-bond donors (Lipinski definition) is 0. The van der Waals surface area contributed by atoms with Crippen LogP contribution in [0.4, 0.5) is 0 Å². The fourth-order valence-corrected chi connectivity index (χ4v) is 3.93. The zero-order valence-corrected chi connectivity index (χ0v) is 15.5. The standard InChI is InChI=1S/C21H29N3O2/c1-2-15-25-20(4-1)21-6-5-19(26-21)17-24-12-3-11-23(13-14-24)16-18-7-9-22-10-8-18/h5-10,20H,1-4,11-17H2. The molecular weight excluding hydrogens is 326 g/mol. The number of rotatable bonds is 5. The molecule has 0 amide bonds. The highest BCUT2D eigenvalue weighted by Gasteiger charge is 2.21. The summed E-state index contributed by atoms with van der Waals surface area (Å²) in [6, 6.07) is 8.46. The van der Waals surface area contributed by atoms with E-state index in [-0.39, 0.29) is 6.10 Å². The smallest absolute Gasteiger partial charge is 0.133 e. The van der Waals surface area contributed by atoms with Crippen molar-refractivity contribution in [2.75, 3.05) is 32.8 Å². The normalized spacial score (nSPS) is 23.0. The van der Waals surface area contributed by atoms with Gasteiger partial charge < -0.3 is 9.15 Å². The van der Waals surface area contributed by atoms with Gasteiger partial charge in [0.25, 0.3) is 0 Å². The van der Waals surface area contributed by atoms with Gasteiger partial charge in [0.1, 0.15) is 17.6 Å². The number of pyridine rings is 1. The molecule has 5 heteroatoms. The Morgan fingerprint density at radius 2 is 1.69 bits per heavy atom. The molecule has 2 saturated heterocycles. The summed E-state index contributed by atoms with van der Waals surface area (Å²) in [5, 5.41) is 0. The molecule has 0 aromatic carbocycles. The average Bonchev–Trinajstić information content (AvgIpc) is 3.05. The lowest BCUT2D eigenvalue weighted by Gasteiger charge is -2.22. The molecule has 2 aromatic heterocycles. The Morgan fingerprint density at radius 1 is 0.885 bits per heavy atom. The van der Waals surface area contributed by atoms with Crippen molar-refractivity contribution >= 4 is 0 Å². The van der Waals surface area contributed by atoms with Crippen molar-refractivity contribution in [1.29, 1.82) is 0 Å². The summed E-state index contributed by atoms with van der Waals surface area (Å²) in [4.78, 5) is 9.16. The maximum Gasteiger partial charge on any atom is 0.133 e. The first-order valence-corrected chi connectivity index (χ1v) is 9.91. The number of nitrogens with zero attached hydrogens (tertiary/aromatic N) is 3. The molecule has 0 spiro atoms. The summed E-state index contributed by atoms with van der Waals surface area (Å²) in [5.41, 5.74) is 1.34. The Kier molecular flexibility index (Phi) is 5.99. The molecule has 5 nitrogen and oxygen atoms in total. The van der Waals surface area contributed by atoms with Crippen LogP contribution >= 0.6 is 0 Å². The van der Waals surface area contributed by atoms with E-state index in [1.54, 1.807) is 0 Å². The molecule has 140 valence electrons. The second-order valence-corrected chi connectivity index (χ2v) is 7.42. The largest absolute Gasteiger partial charge is 0.462 e. The molecule has 2 aromatic rings. The lowest BCUT2D eigenvalue weighted by Crippen LogP contribution is -2.30. The Labute approximate surface area is 156 Å². The molecule has 4 rings (SSSR count). The highest BCUT2D eigenvalue weighted by molar-refractivity contribution is 5.11. The van der Waals surface area contributed by atoms with E-state index >= 15 is 0 Å². The summed E-state index contributed by atoms with van der Waals surface area (Å²) in [6.07, 6.45) is 8.62. The van der Waals surface area contributed by atoms with Crippen LogP contribution in [0, 0.1) is 0 Å². The zero-order chi connectivity index (χ0) is 17.6. The Morgan fingerprint density at radius 3 is 2.46 bits per heavy atom. The number of furan rings is 1. The summed E-state index contributed by atoms with van der Waals surface area (Å²) < 4.78 is 11.9. The lowest BCUT2D eigenvalue weighted by molar-refractivity contribution is 0.000863. The van der Waals surface area contributed by atoms with Crippen LogP contribution in [0.15, 0.2) is 41.1 Å². The average molecular weight is 355 g/mol. The summed E-state index contributed by atoms with van der Waals surface area (Å²) in [5.74, 6) is 2.07. The van der Waals surface area contributed by atoms with Gasteiger partial charge in [0.05, 0.1) is 6.54 Å². The van der Waals surface area contributed by atoms with Crippen molar-refractivity contribution in [3.63, 3.8) is 0 Å². The predicted molar refractivity (Wildman–Crippen MR) is 101 cm³/mol. The molecule has 2 aliphatic heterocycles. The maximum atomic E-state index is 6.10. The van der Waals surface area contributed by atoms with Crippen LogP contribution in [0.25, 0.3) is 0 Å². The van der Waals surface area contributed by atoms with Gasteiger partial charge in [-0.25, -0.2) is 0 Å². The van der Waals surface area contributed by atoms with E-state index in [2.05, 4.69) is 39.0 Å². The van der Waals surface area contributed by atoms with E-state index in [0.29, 0.717) is 0 Å². The van der Waals surface area contributed by atoms with E-state index in [0.717, 1.165) is 63.8 Å². The molecule has 26 heavy (non-hydrogen) atoms. The summed E-state index contributed by atoms with van der Waals surface area (Å²) >= 11 is 0. The third-order valence-corrected chi connectivity index (χ3v) is 5.40. The molecule has 2 fully saturated rings. The minimum Gasteiger partial charge on any atom is -0.462 e. The van der Waals surface area contributed by atoms with Crippen LogP contribution in [-0.4, -0.2) is 47.6 Å². The van der Waals surface area contributed by atoms with Crippen molar-refractivity contribution in [2.24, 2.45) is 0 Å². The number of hydrogen-bond acceptors (Lipinski definition) is 5. The van der Waals surface area contributed by atoms with Gasteiger partial charge in [0.15, 0.2) is 0 Å². The van der Waals surface area contributed by atoms with Crippen LogP contribution in [0.3, 0.4) is 0 Å². The van der Waals surface area contributed by atoms with Crippen LogP contribution in [0.2, 0.25) is 0 Å². The second kappa shape index (κ2) is 8.80. The predicted octanol–water partition coefficient (Wildman–Crippen LogP) is 3.62. The third-order valence-electron chi connectivity index (χ3n) is 5.40. The minimum absolute atomic E-state index is 0.164. The Bertz CT molecular complexity index is 667. The molecule has 0 aliphatic carbocycles. The lowest BCUT2D eigenvalue weighted by atomic mass is 10.1. The monoisotopic (exact) mass is 355 g/mol. The fourth-order valence-electron chi connectivity index (χ4n) is 3.93. The molecular formula is C21H29N3O2. The topological polar surface area (TPSA) is 41.7 Å². The molecule has 1 atom stereocenters. The molecule has 0 saturated carbocycles. The summed E-state index contributed by atoms with van der Waals surface area (Å²) in [6.45, 7) is 7.24. The van der Waals surface area contributed by atoms with Crippen LogP contribution in [0.5, 0.6) is 0 Å². The first kappa shape index (κ1) is 17.7. The van der Waals surface area contributed by atoms with Crippen molar-refractivity contribution in [3.8, 4) is 0 Å². The highest BCUT2D eigenvalue weighted by atomic mass is 16.5. The van der Waals surface area contributed by atoms with Crippen LogP contribution < -0.4 is 0 Å². The van der Waals surface area contributed by atoms with Gasteiger partial charge >= 0.3 is 0 Å². The number of ether oxygens (including phenoxy) is 1. The van der Waals surface area contributed by atoms with Crippen molar-refractivity contribution in [3.05, 3.63) is 53.7 Å². The van der Waals surface area contributed by atoms with E-state index in [1.165, 1.54) is 24.8 Å². The molecule has 4 heterocycles. The Hall–Kier alpha value is -1.69. The van der Waals surface area contributed by atoms with E-state index in [4.69, 9.17) is 9.15 Å². The highest BCUT2D eigenvalue weighted by Crippen LogP contribution is 2.29. The maximum absolute atomic E-state index is 6.10. The van der Waals surface area contributed by atoms with Crippen molar-refractivity contribution in [1.82, 2.24) is 14.8 Å². The third kappa shape index (κ3) is 4.72. The van der Waals surface area contributed by atoms with Crippen LogP contribution in [-0.2, 0) is 17.8 Å². The Balaban J connectivity index is 1.28. The molecule has 0 radical (unpaired) electrons. The SMILES string of the molecule is c1cc(CN2CCCN(Cc3ccc(C4CCCCO4)o3)CC2)ccn1. The molecule has 0 N–H and O–H groups in total. The van der Waals surface area contributed by atoms with Crippen molar-refractivity contribution < 1.29 is 9.15 Å². The zero-order valence-electron chi connectivity index (χ0n) is 15.5. The van der Waals surface area contributed by atoms with Crippen molar-refractivity contribution in [2.45, 2.75) is 44.9 Å². The van der Waals surface area contributed by atoms with Gasteiger partial charge in [-0.05, 0) is 68.6 Å². The minimum atomic E-state index is 0.164. The van der Waals surface area contributed by atoms with E-state index in [1.807, 2.05) is 12.4 Å². The molecule has 2 aliphatic rings. The van der Waals surface area contributed by atoms with Gasteiger partial charge in [-0.3, -0.25) is 14.8 Å². The molecule has 0 bridgehead atoms. The van der Waals surface area contributed by atoms with E-state index < -0.39 is 0 Å². The first-order chi connectivity index (χ1) is 12.9. The van der Waals surface area contributed by atoms with Gasteiger partial charge in [-0.1, -0.05) is 0 Å². The van der Waals surface area contributed by atoms with E-state index in [9.17, 15) is 0 Å². The van der Waals surface area contributed by atoms with Gasteiger partial charge in [0.2, 0.25) is 0 Å². The van der Waals surface area contributed by atoms with Crippen LogP contribution in [0.1, 0.15) is 48.9 Å². The van der Waals surface area contributed by atoms with Gasteiger partial charge in [0, 0.05) is 38.6 Å². The summed E-state index contributed by atoms with van der Waals surface area (Å²) in [7, 11) is 0. The number of aromatic nitrogens is 1.